The standard InChI is InChI=1S/C19H31N3O/c1-15-8-10-17(11-9-15)21-19(3,4)18(23)20-14-16(2)22-12-6-5-7-13-22/h8-11,16,21H,5-7,12-14H2,1-4H3,(H,20,23). The van der Waals surface area contributed by atoms with Crippen molar-refractivity contribution in [3.05, 3.63) is 29.8 Å². The lowest BCUT2D eigenvalue weighted by Gasteiger charge is -2.33. The Bertz CT molecular complexity index is 504. The molecule has 0 radical (unpaired) electrons. The van der Waals surface area contributed by atoms with Crippen molar-refractivity contribution in [3.8, 4) is 0 Å². The van der Waals surface area contributed by atoms with Crippen molar-refractivity contribution in [1.29, 1.82) is 0 Å². The summed E-state index contributed by atoms with van der Waals surface area (Å²) in [5.74, 6) is 0.0435. The van der Waals surface area contributed by atoms with Crippen LogP contribution in [0.4, 0.5) is 5.69 Å². The molecule has 4 nitrogen and oxygen atoms in total. The molecular formula is C19H31N3O. The number of benzene rings is 1. The molecule has 2 rings (SSSR count). The smallest absolute Gasteiger partial charge is 0.245 e. The van der Waals surface area contributed by atoms with Crippen LogP contribution in [0.2, 0.25) is 0 Å². The lowest BCUT2D eigenvalue weighted by atomic mass is 10.0. The van der Waals surface area contributed by atoms with E-state index in [9.17, 15) is 4.79 Å². The highest BCUT2D eigenvalue weighted by molar-refractivity contribution is 5.88. The monoisotopic (exact) mass is 317 g/mol. The Morgan fingerprint density at radius 3 is 2.39 bits per heavy atom. The second kappa shape index (κ2) is 7.82. The highest BCUT2D eigenvalue weighted by Crippen LogP contribution is 2.16. The van der Waals surface area contributed by atoms with Crippen LogP contribution < -0.4 is 10.6 Å². The minimum absolute atomic E-state index is 0.0435. The summed E-state index contributed by atoms with van der Waals surface area (Å²) in [5, 5.41) is 6.43. The zero-order valence-electron chi connectivity index (χ0n) is 15.0. The molecule has 0 saturated carbocycles. The van der Waals surface area contributed by atoms with Crippen molar-refractivity contribution in [1.82, 2.24) is 10.2 Å². The first-order chi connectivity index (χ1) is 10.9. The summed E-state index contributed by atoms with van der Waals surface area (Å²) in [5.41, 5.74) is 1.56. The van der Waals surface area contributed by atoms with Crippen LogP contribution in [0, 0.1) is 6.92 Å². The Hall–Kier alpha value is -1.55. The normalized spacial score (nSPS) is 17.6. The summed E-state index contributed by atoms with van der Waals surface area (Å²) >= 11 is 0. The molecule has 1 aliphatic rings. The SMILES string of the molecule is Cc1ccc(NC(C)(C)C(=O)NCC(C)N2CCCCC2)cc1. The van der Waals surface area contributed by atoms with Gasteiger partial charge in [-0.3, -0.25) is 9.69 Å². The molecule has 2 N–H and O–H groups in total. The summed E-state index contributed by atoms with van der Waals surface area (Å²) in [6, 6.07) is 8.53. The second-order valence-electron chi connectivity index (χ2n) is 7.27. The highest BCUT2D eigenvalue weighted by atomic mass is 16.2. The van der Waals surface area contributed by atoms with Crippen LogP contribution in [0.25, 0.3) is 0 Å². The van der Waals surface area contributed by atoms with E-state index in [1.807, 2.05) is 26.0 Å². The quantitative estimate of drug-likeness (QED) is 0.847. The highest BCUT2D eigenvalue weighted by Gasteiger charge is 2.28. The molecule has 0 spiro atoms. The predicted octanol–water partition coefficient (Wildman–Crippen LogP) is 3.18. The van der Waals surface area contributed by atoms with Gasteiger partial charge in [-0.25, -0.2) is 0 Å². The average Bonchev–Trinajstić information content (AvgIpc) is 2.55. The van der Waals surface area contributed by atoms with E-state index < -0.39 is 5.54 Å². The first-order valence-corrected chi connectivity index (χ1v) is 8.76. The van der Waals surface area contributed by atoms with Crippen molar-refractivity contribution in [2.24, 2.45) is 0 Å². The molecule has 1 unspecified atom stereocenters. The Balaban J connectivity index is 1.84. The molecule has 1 amide bonds. The van der Waals surface area contributed by atoms with Gasteiger partial charge in [0.1, 0.15) is 5.54 Å². The maximum absolute atomic E-state index is 12.5. The predicted molar refractivity (Wildman–Crippen MR) is 96.8 cm³/mol. The summed E-state index contributed by atoms with van der Waals surface area (Å²) in [4.78, 5) is 15.0. The third-order valence-corrected chi connectivity index (χ3v) is 4.65. The van der Waals surface area contributed by atoms with Crippen LogP contribution in [-0.2, 0) is 4.79 Å². The summed E-state index contributed by atoms with van der Waals surface area (Å²) in [7, 11) is 0. The Kier molecular flexibility index (Phi) is 6.05. The number of carbonyl (C=O) groups is 1. The Morgan fingerprint density at radius 2 is 1.78 bits per heavy atom. The fraction of sp³-hybridized carbons (Fsp3) is 0.632. The molecule has 1 saturated heterocycles. The summed E-state index contributed by atoms with van der Waals surface area (Å²) < 4.78 is 0. The molecule has 128 valence electrons. The Morgan fingerprint density at radius 1 is 1.17 bits per heavy atom. The van der Waals surface area contributed by atoms with Gasteiger partial charge in [-0.1, -0.05) is 24.1 Å². The first-order valence-electron chi connectivity index (χ1n) is 8.76. The molecule has 4 heteroatoms. The minimum atomic E-state index is -0.628. The molecule has 23 heavy (non-hydrogen) atoms. The first kappa shape index (κ1) is 17.8. The number of hydrogen-bond donors (Lipinski definition) is 2. The van der Waals surface area contributed by atoms with Gasteiger partial charge in [-0.05, 0) is 65.8 Å². The summed E-state index contributed by atoms with van der Waals surface area (Å²) in [6.07, 6.45) is 3.89. The van der Waals surface area contributed by atoms with Gasteiger partial charge >= 0.3 is 0 Å². The topological polar surface area (TPSA) is 44.4 Å². The van der Waals surface area contributed by atoms with Gasteiger partial charge in [0.15, 0.2) is 0 Å². The lowest BCUT2D eigenvalue weighted by molar-refractivity contribution is -0.124. The van der Waals surface area contributed by atoms with Gasteiger partial charge in [0.2, 0.25) is 5.91 Å². The van der Waals surface area contributed by atoms with E-state index in [4.69, 9.17) is 0 Å². The number of amides is 1. The fourth-order valence-electron chi connectivity index (χ4n) is 3.00. The van der Waals surface area contributed by atoms with Gasteiger partial charge in [0, 0.05) is 18.3 Å². The van der Waals surface area contributed by atoms with Gasteiger partial charge in [-0.2, -0.15) is 0 Å². The number of anilines is 1. The molecule has 1 heterocycles. The zero-order valence-corrected chi connectivity index (χ0v) is 15.0. The maximum Gasteiger partial charge on any atom is 0.245 e. The van der Waals surface area contributed by atoms with Crippen molar-refractivity contribution >= 4 is 11.6 Å². The van der Waals surface area contributed by atoms with E-state index >= 15 is 0 Å². The van der Waals surface area contributed by atoms with Crippen molar-refractivity contribution in [2.45, 2.75) is 58.5 Å². The maximum atomic E-state index is 12.5. The second-order valence-corrected chi connectivity index (χ2v) is 7.27. The number of carbonyl (C=O) groups excluding carboxylic acids is 1. The number of likely N-dealkylation sites (tertiary alicyclic amines) is 1. The van der Waals surface area contributed by atoms with Crippen molar-refractivity contribution < 1.29 is 4.79 Å². The van der Waals surface area contributed by atoms with E-state index in [1.165, 1.54) is 24.8 Å². The van der Waals surface area contributed by atoms with Gasteiger partial charge in [-0.15, -0.1) is 0 Å². The van der Waals surface area contributed by atoms with E-state index in [0.29, 0.717) is 12.6 Å². The van der Waals surface area contributed by atoms with Crippen LogP contribution >= 0.6 is 0 Å². The van der Waals surface area contributed by atoms with Crippen molar-refractivity contribution in [2.75, 3.05) is 25.0 Å². The number of aryl methyl sites for hydroxylation is 1. The molecule has 0 bridgehead atoms. The minimum Gasteiger partial charge on any atom is -0.372 e. The molecule has 1 aliphatic heterocycles. The van der Waals surface area contributed by atoms with Crippen LogP contribution in [0.1, 0.15) is 45.6 Å². The number of rotatable bonds is 6. The Labute approximate surface area is 140 Å². The van der Waals surface area contributed by atoms with E-state index in [0.717, 1.165) is 18.8 Å². The van der Waals surface area contributed by atoms with Gasteiger partial charge in [0.25, 0.3) is 0 Å². The van der Waals surface area contributed by atoms with Gasteiger partial charge < -0.3 is 10.6 Å². The molecule has 1 aromatic carbocycles. The number of nitrogens with one attached hydrogen (secondary N) is 2. The van der Waals surface area contributed by atoms with Gasteiger partial charge in [0.05, 0.1) is 0 Å². The van der Waals surface area contributed by atoms with Crippen molar-refractivity contribution in [3.63, 3.8) is 0 Å². The molecule has 1 aromatic rings. The molecule has 0 aromatic heterocycles. The van der Waals surface area contributed by atoms with E-state index in [-0.39, 0.29) is 5.91 Å². The average molecular weight is 317 g/mol. The molecule has 1 fully saturated rings. The molecule has 1 atom stereocenters. The number of hydrogen-bond acceptors (Lipinski definition) is 3. The third-order valence-electron chi connectivity index (χ3n) is 4.65. The molecule has 0 aliphatic carbocycles. The fourth-order valence-corrected chi connectivity index (χ4v) is 3.00. The van der Waals surface area contributed by atoms with E-state index in [1.54, 1.807) is 0 Å². The number of piperidine rings is 1. The van der Waals surface area contributed by atoms with Crippen LogP contribution in [0.15, 0.2) is 24.3 Å². The summed E-state index contributed by atoms with van der Waals surface area (Å²) in [6.45, 7) is 11.1. The van der Waals surface area contributed by atoms with Crippen LogP contribution in [-0.4, -0.2) is 42.0 Å². The zero-order chi connectivity index (χ0) is 16.9. The largest absolute Gasteiger partial charge is 0.372 e. The third kappa shape index (κ3) is 5.24. The lowest BCUT2D eigenvalue weighted by Crippen LogP contribution is -2.52. The molecular weight excluding hydrogens is 286 g/mol. The van der Waals surface area contributed by atoms with Crippen LogP contribution in [0.3, 0.4) is 0 Å². The van der Waals surface area contributed by atoms with Crippen LogP contribution in [0.5, 0.6) is 0 Å². The number of nitrogens with zero attached hydrogens (tertiary/aromatic N) is 1. The van der Waals surface area contributed by atoms with E-state index in [2.05, 4.69) is 41.5 Å².